The minimum Gasteiger partial charge on any atom is -0.381 e. The Kier molecular flexibility index (Phi) is 5.96. The summed E-state index contributed by atoms with van der Waals surface area (Å²) in [7, 11) is 0. The second-order valence-electron chi connectivity index (χ2n) is 4.55. The van der Waals surface area contributed by atoms with Crippen LogP contribution in [0, 0.1) is 5.92 Å². The van der Waals surface area contributed by atoms with Crippen molar-refractivity contribution in [3.8, 4) is 0 Å². The summed E-state index contributed by atoms with van der Waals surface area (Å²) in [6.45, 7) is 2.50. The Morgan fingerprint density at radius 1 is 1.33 bits per heavy atom. The largest absolute Gasteiger partial charge is 0.381 e. The van der Waals surface area contributed by atoms with Crippen molar-refractivity contribution in [1.82, 2.24) is 0 Å². The Hall–Kier alpha value is -0.0900. The zero-order valence-electron chi connectivity index (χ0n) is 10.3. The number of hydrogen-bond donors (Lipinski definition) is 0. The highest BCUT2D eigenvalue weighted by Gasteiger charge is 2.18. The summed E-state index contributed by atoms with van der Waals surface area (Å²) in [6, 6.07) is 7.87. The van der Waals surface area contributed by atoms with E-state index in [1.807, 2.05) is 24.3 Å². The topological polar surface area (TPSA) is 18.5 Å². The van der Waals surface area contributed by atoms with E-state index in [9.17, 15) is 0 Å². The average molecular weight is 334 g/mol. The van der Waals surface area contributed by atoms with Gasteiger partial charge in [0.1, 0.15) is 0 Å². The Balaban J connectivity index is 1.91. The van der Waals surface area contributed by atoms with Crippen LogP contribution in [0.5, 0.6) is 0 Å². The molecule has 2 rings (SSSR count). The first-order valence-electron chi connectivity index (χ1n) is 6.31. The van der Waals surface area contributed by atoms with Crippen LogP contribution in [-0.2, 0) is 9.47 Å². The molecule has 0 spiro atoms. The van der Waals surface area contributed by atoms with Gasteiger partial charge >= 0.3 is 0 Å². The monoisotopic (exact) mass is 332 g/mol. The fourth-order valence-electron chi connectivity index (χ4n) is 2.12. The summed E-state index contributed by atoms with van der Waals surface area (Å²) >= 11 is 9.70. The van der Waals surface area contributed by atoms with E-state index in [-0.39, 0.29) is 6.10 Å². The molecule has 1 unspecified atom stereocenters. The van der Waals surface area contributed by atoms with Gasteiger partial charge in [0.2, 0.25) is 0 Å². The Bertz CT molecular complexity index is 367. The predicted octanol–water partition coefficient (Wildman–Crippen LogP) is 4.22. The van der Waals surface area contributed by atoms with Crippen molar-refractivity contribution in [1.29, 1.82) is 0 Å². The lowest BCUT2D eigenvalue weighted by Gasteiger charge is -2.25. The highest BCUT2D eigenvalue weighted by atomic mass is 79.9. The van der Waals surface area contributed by atoms with Crippen LogP contribution in [0.1, 0.15) is 24.5 Å². The van der Waals surface area contributed by atoms with Gasteiger partial charge in [0.05, 0.1) is 12.7 Å². The van der Waals surface area contributed by atoms with Crippen LogP contribution >= 0.6 is 27.5 Å². The van der Waals surface area contributed by atoms with E-state index in [4.69, 9.17) is 21.1 Å². The minimum absolute atomic E-state index is 0.0292. The van der Waals surface area contributed by atoms with E-state index >= 15 is 0 Å². The van der Waals surface area contributed by atoms with Crippen molar-refractivity contribution in [2.24, 2.45) is 5.92 Å². The summed E-state index contributed by atoms with van der Waals surface area (Å²) in [5.41, 5.74) is 1.06. The lowest BCUT2D eigenvalue weighted by molar-refractivity contribution is -0.00371. The maximum Gasteiger partial charge on any atom is 0.0936 e. The fraction of sp³-hybridized carbons (Fsp3) is 0.571. The second kappa shape index (κ2) is 7.49. The molecule has 1 fully saturated rings. The zero-order chi connectivity index (χ0) is 12.8. The molecule has 2 nitrogen and oxygen atoms in total. The van der Waals surface area contributed by atoms with E-state index in [2.05, 4.69) is 15.9 Å². The van der Waals surface area contributed by atoms with Crippen LogP contribution in [0.25, 0.3) is 0 Å². The molecule has 0 amide bonds. The van der Waals surface area contributed by atoms with Gasteiger partial charge in [-0.15, -0.1) is 0 Å². The first-order chi connectivity index (χ1) is 8.81. The quantitative estimate of drug-likeness (QED) is 0.751. The van der Waals surface area contributed by atoms with Gasteiger partial charge in [0.25, 0.3) is 0 Å². The highest BCUT2D eigenvalue weighted by Crippen LogP contribution is 2.28. The van der Waals surface area contributed by atoms with Gasteiger partial charge in [-0.25, -0.2) is 0 Å². The molecule has 1 heterocycles. The molecule has 0 saturated carbocycles. The number of rotatable bonds is 5. The second-order valence-corrected chi connectivity index (χ2v) is 5.61. The first-order valence-corrected chi connectivity index (χ1v) is 7.81. The molecule has 0 aromatic heterocycles. The number of ether oxygens (including phenoxy) is 2. The van der Waals surface area contributed by atoms with Crippen LogP contribution in [0.2, 0.25) is 5.02 Å². The predicted molar refractivity (Wildman–Crippen MR) is 77.5 cm³/mol. The lowest BCUT2D eigenvalue weighted by atomic mass is 10.0. The number of alkyl halides is 1. The van der Waals surface area contributed by atoms with Crippen LogP contribution in [-0.4, -0.2) is 25.2 Å². The molecule has 0 aliphatic carbocycles. The van der Waals surface area contributed by atoms with Gasteiger partial charge in [-0.2, -0.15) is 0 Å². The third-order valence-electron chi connectivity index (χ3n) is 3.27. The normalized spacial score (nSPS) is 18.8. The minimum atomic E-state index is 0.0292. The Morgan fingerprint density at radius 2 is 2.06 bits per heavy atom. The SMILES string of the molecule is Clc1ccccc1C(CBr)OCC1CCOCC1. The van der Waals surface area contributed by atoms with Crippen LogP contribution in [0.4, 0.5) is 0 Å². The number of hydrogen-bond acceptors (Lipinski definition) is 2. The standard InChI is InChI=1S/C14H18BrClO2/c15-9-14(12-3-1-2-4-13(12)16)18-10-11-5-7-17-8-6-11/h1-4,11,14H,5-10H2. The summed E-state index contributed by atoms with van der Waals surface area (Å²) < 4.78 is 11.4. The molecule has 100 valence electrons. The van der Waals surface area contributed by atoms with Gasteiger partial charge in [-0.3, -0.25) is 0 Å². The zero-order valence-corrected chi connectivity index (χ0v) is 12.6. The molecule has 0 N–H and O–H groups in total. The van der Waals surface area contributed by atoms with Crippen LogP contribution in [0.15, 0.2) is 24.3 Å². The third-order valence-corrected chi connectivity index (χ3v) is 4.20. The van der Waals surface area contributed by atoms with Crippen LogP contribution in [0.3, 0.4) is 0 Å². The number of benzene rings is 1. The van der Waals surface area contributed by atoms with Crippen molar-refractivity contribution in [3.05, 3.63) is 34.9 Å². The van der Waals surface area contributed by atoms with Gasteiger partial charge < -0.3 is 9.47 Å². The van der Waals surface area contributed by atoms with Gasteiger partial charge in [-0.1, -0.05) is 45.7 Å². The fourth-order valence-corrected chi connectivity index (χ4v) is 2.91. The van der Waals surface area contributed by atoms with E-state index in [1.165, 1.54) is 0 Å². The maximum absolute atomic E-state index is 6.20. The average Bonchev–Trinajstić information content (AvgIpc) is 2.42. The van der Waals surface area contributed by atoms with Crippen molar-refractivity contribution < 1.29 is 9.47 Å². The van der Waals surface area contributed by atoms with E-state index in [0.29, 0.717) is 5.92 Å². The van der Waals surface area contributed by atoms with Crippen molar-refractivity contribution in [2.75, 3.05) is 25.2 Å². The smallest absolute Gasteiger partial charge is 0.0936 e. The van der Waals surface area contributed by atoms with E-state index in [1.54, 1.807) is 0 Å². The summed E-state index contributed by atoms with van der Waals surface area (Å²) in [5.74, 6) is 0.614. The summed E-state index contributed by atoms with van der Waals surface area (Å²) in [4.78, 5) is 0. The van der Waals surface area contributed by atoms with Gasteiger partial charge in [0, 0.05) is 29.1 Å². The van der Waals surface area contributed by atoms with Crippen molar-refractivity contribution in [3.63, 3.8) is 0 Å². The van der Waals surface area contributed by atoms with E-state index < -0.39 is 0 Å². The molecule has 1 saturated heterocycles. The molecule has 1 atom stereocenters. The lowest BCUT2D eigenvalue weighted by Crippen LogP contribution is -2.21. The van der Waals surface area contributed by atoms with Crippen molar-refractivity contribution in [2.45, 2.75) is 18.9 Å². The summed E-state index contributed by atoms with van der Waals surface area (Å²) in [5, 5.41) is 1.54. The van der Waals surface area contributed by atoms with E-state index in [0.717, 1.165) is 48.6 Å². The Morgan fingerprint density at radius 3 is 2.72 bits per heavy atom. The highest BCUT2D eigenvalue weighted by molar-refractivity contribution is 9.09. The molecular formula is C14H18BrClO2. The third kappa shape index (κ3) is 3.95. The Labute approximate surface area is 122 Å². The molecule has 0 radical (unpaired) electrons. The molecule has 4 heteroatoms. The van der Waals surface area contributed by atoms with Gasteiger partial charge in [-0.05, 0) is 24.8 Å². The molecular weight excluding hydrogens is 316 g/mol. The molecule has 1 aliphatic heterocycles. The summed E-state index contributed by atoms with van der Waals surface area (Å²) in [6.07, 6.45) is 2.22. The molecule has 18 heavy (non-hydrogen) atoms. The molecule has 1 aromatic carbocycles. The number of halogens is 2. The van der Waals surface area contributed by atoms with Crippen molar-refractivity contribution >= 4 is 27.5 Å². The molecule has 1 aliphatic rings. The first kappa shape index (κ1) is 14.3. The van der Waals surface area contributed by atoms with Gasteiger partial charge in [0.15, 0.2) is 0 Å². The molecule has 1 aromatic rings. The van der Waals surface area contributed by atoms with Crippen LogP contribution < -0.4 is 0 Å². The molecule has 0 bridgehead atoms. The maximum atomic E-state index is 6.20.